The van der Waals surface area contributed by atoms with Gasteiger partial charge in [-0.15, -0.1) is 0 Å². The van der Waals surface area contributed by atoms with Crippen molar-refractivity contribution in [3.05, 3.63) is 74.9 Å². The van der Waals surface area contributed by atoms with Crippen LogP contribution in [0.25, 0.3) is 10.4 Å². The van der Waals surface area contributed by atoms with Crippen molar-refractivity contribution in [3.8, 4) is 10.4 Å². The van der Waals surface area contributed by atoms with Gasteiger partial charge in [-0.05, 0) is 17.7 Å². The van der Waals surface area contributed by atoms with Gasteiger partial charge < -0.3 is 0 Å². The molecule has 0 saturated heterocycles. The lowest BCUT2D eigenvalue weighted by Gasteiger charge is -2.05. The average Bonchev–Trinajstić information content (AvgIpc) is 3.07. The van der Waals surface area contributed by atoms with Gasteiger partial charge in [-0.3, -0.25) is 20.2 Å². The SMILES string of the molecule is O=C(Nc1nc(C(F)(F)F)c(-c2ccccc2)s1)c1ccc(Cl)c([N+](=O)[O-])c1. The van der Waals surface area contributed by atoms with Crippen LogP contribution in [0, 0.1) is 10.1 Å². The number of carbonyl (C=O) groups is 1. The molecule has 3 rings (SSSR count). The number of benzene rings is 2. The summed E-state index contributed by atoms with van der Waals surface area (Å²) in [7, 11) is 0. The van der Waals surface area contributed by atoms with E-state index in [4.69, 9.17) is 11.6 Å². The highest BCUT2D eigenvalue weighted by Gasteiger charge is 2.38. The standard InChI is InChI=1S/C17H9ClF3N3O3S/c18-11-7-6-10(8-12(11)24(26)27)15(25)23-16-22-14(17(19,20)21)13(28-16)9-4-2-1-3-5-9/h1-8H,(H,22,23,25). The maximum absolute atomic E-state index is 13.3. The van der Waals surface area contributed by atoms with Gasteiger partial charge in [0.1, 0.15) is 5.02 Å². The molecule has 1 amide bonds. The molecule has 28 heavy (non-hydrogen) atoms. The van der Waals surface area contributed by atoms with Crippen LogP contribution in [0.15, 0.2) is 48.5 Å². The van der Waals surface area contributed by atoms with Gasteiger partial charge in [0.2, 0.25) is 0 Å². The van der Waals surface area contributed by atoms with Gasteiger partial charge in [0, 0.05) is 11.6 Å². The molecule has 0 spiro atoms. The number of nitro groups is 1. The number of nitrogens with one attached hydrogen (secondary N) is 1. The molecule has 0 bridgehead atoms. The Morgan fingerprint density at radius 1 is 1.18 bits per heavy atom. The van der Waals surface area contributed by atoms with Crippen LogP contribution < -0.4 is 5.32 Å². The number of alkyl halides is 3. The van der Waals surface area contributed by atoms with Crippen molar-refractivity contribution < 1.29 is 22.9 Å². The highest BCUT2D eigenvalue weighted by atomic mass is 35.5. The van der Waals surface area contributed by atoms with Gasteiger partial charge in [-0.1, -0.05) is 53.3 Å². The Balaban J connectivity index is 1.95. The van der Waals surface area contributed by atoms with Gasteiger partial charge in [-0.2, -0.15) is 13.2 Å². The fourth-order valence-corrected chi connectivity index (χ4v) is 3.49. The zero-order valence-corrected chi connectivity index (χ0v) is 15.2. The van der Waals surface area contributed by atoms with Crippen molar-refractivity contribution in [2.75, 3.05) is 5.32 Å². The Labute approximate surface area is 164 Å². The number of aromatic nitrogens is 1. The number of rotatable bonds is 4. The first kappa shape index (κ1) is 19.8. The maximum Gasteiger partial charge on any atom is 0.434 e. The van der Waals surface area contributed by atoms with Crippen LogP contribution in [-0.2, 0) is 6.18 Å². The number of nitro benzene ring substituents is 1. The lowest BCUT2D eigenvalue weighted by molar-refractivity contribution is -0.384. The predicted molar refractivity (Wildman–Crippen MR) is 98.6 cm³/mol. The zero-order chi connectivity index (χ0) is 20.5. The molecule has 0 unspecified atom stereocenters. The Bertz CT molecular complexity index is 1050. The first-order valence-corrected chi connectivity index (χ1v) is 8.75. The van der Waals surface area contributed by atoms with Gasteiger partial charge in [0.05, 0.1) is 9.80 Å². The third-order valence-corrected chi connectivity index (χ3v) is 4.90. The van der Waals surface area contributed by atoms with E-state index >= 15 is 0 Å². The Hall–Kier alpha value is -2.98. The first-order chi connectivity index (χ1) is 13.2. The monoisotopic (exact) mass is 427 g/mol. The van der Waals surface area contributed by atoms with Crippen molar-refractivity contribution >= 4 is 39.7 Å². The van der Waals surface area contributed by atoms with E-state index in [0.29, 0.717) is 16.9 Å². The number of hydrogen-bond donors (Lipinski definition) is 1. The van der Waals surface area contributed by atoms with Crippen molar-refractivity contribution in [2.24, 2.45) is 0 Å². The third kappa shape index (κ3) is 4.12. The van der Waals surface area contributed by atoms with Crippen LogP contribution in [-0.4, -0.2) is 15.8 Å². The van der Waals surface area contributed by atoms with E-state index in [1.807, 2.05) is 0 Å². The fraction of sp³-hybridized carbons (Fsp3) is 0.0588. The lowest BCUT2D eigenvalue weighted by atomic mass is 10.1. The van der Waals surface area contributed by atoms with E-state index < -0.39 is 28.4 Å². The number of carbonyl (C=O) groups excluding carboxylic acids is 1. The Morgan fingerprint density at radius 2 is 1.86 bits per heavy atom. The molecule has 0 aliphatic heterocycles. The van der Waals surface area contributed by atoms with Gasteiger partial charge in [0.15, 0.2) is 10.8 Å². The maximum atomic E-state index is 13.3. The molecule has 6 nitrogen and oxygen atoms in total. The molecule has 1 N–H and O–H groups in total. The van der Waals surface area contributed by atoms with E-state index in [1.54, 1.807) is 18.2 Å². The van der Waals surface area contributed by atoms with E-state index in [2.05, 4.69) is 10.3 Å². The molecule has 144 valence electrons. The van der Waals surface area contributed by atoms with Gasteiger partial charge >= 0.3 is 6.18 Å². The Morgan fingerprint density at radius 3 is 2.46 bits per heavy atom. The summed E-state index contributed by atoms with van der Waals surface area (Å²) < 4.78 is 40.0. The molecule has 0 fully saturated rings. The summed E-state index contributed by atoms with van der Waals surface area (Å²) in [5.74, 6) is -0.846. The summed E-state index contributed by atoms with van der Waals surface area (Å²) in [6.45, 7) is 0. The average molecular weight is 428 g/mol. The molecule has 0 saturated carbocycles. The molecule has 1 heterocycles. The van der Waals surface area contributed by atoms with E-state index in [0.717, 1.165) is 12.1 Å². The smallest absolute Gasteiger partial charge is 0.298 e. The van der Waals surface area contributed by atoms with Crippen molar-refractivity contribution in [1.29, 1.82) is 0 Å². The molecule has 1 aromatic heterocycles. The third-order valence-electron chi connectivity index (χ3n) is 3.56. The number of thiazole rings is 1. The van der Waals surface area contributed by atoms with Crippen LogP contribution >= 0.6 is 22.9 Å². The molecule has 0 aliphatic carbocycles. The summed E-state index contributed by atoms with van der Waals surface area (Å²) in [4.78, 5) is 25.8. The molecule has 3 aromatic rings. The summed E-state index contributed by atoms with van der Waals surface area (Å²) in [6, 6.07) is 11.1. The molecular weight excluding hydrogens is 419 g/mol. The second-order valence-electron chi connectivity index (χ2n) is 5.44. The number of nitrogens with zero attached hydrogens (tertiary/aromatic N) is 2. The number of hydrogen-bond acceptors (Lipinski definition) is 5. The molecule has 0 atom stereocenters. The van der Waals surface area contributed by atoms with E-state index in [9.17, 15) is 28.1 Å². The quantitative estimate of drug-likeness (QED) is 0.431. The van der Waals surface area contributed by atoms with Gasteiger partial charge in [0.25, 0.3) is 11.6 Å². The number of anilines is 1. The molecule has 0 aliphatic rings. The van der Waals surface area contributed by atoms with Gasteiger partial charge in [-0.25, -0.2) is 4.98 Å². The van der Waals surface area contributed by atoms with Crippen LogP contribution in [0.4, 0.5) is 24.0 Å². The molecular formula is C17H9ClF3N3O3S. The van der Waals surface area contributed by atoms with Crippen molar-refractivity contribution in [3.63, 3.8) is 0 Å². The Kier molecular flexibility index (Phi) is 5.34. The van der Waals surface area contributed by atoms with E-state index in [-0.39, 0.29) is 20.6 Å². The van der Waals surface area contributed by atoms with Crippen LogP contribution in [0.5, 0.6) is 0 Å². The van der Waals surface area contributed by atoms with Crippen LogP contribution in [0.3, 0.4) is 0 Å². The normalized spacial score (nSPS) is 11.3. The second-order valence-corrected chi connectivity index (χ2v) is 6.84. The summed E-state index contributed by atoms with van der Waals surface area (Å²) in [5.41, 5.74) is -1.45. The number of halogens is 4. The summed E-state index contributed by atoms with van der Waals surface area (Å²) >= 11 is 6.34. The van der Waals surface area contributed by atoms with Crippen molar-refractivity contribution in [1.82, 2.24) is 4.98 Å². The lowest BCUT2D eigenvalue weighted by Crippen LogP contribution is -2.13. The molecule has 11 heteroatoms. The minimum absolute atomic E-state index is 0.138. The summed E-state index contributed by atoms with van der Waals surface area (Å²) in [5, 5.41) is 12.7. The van der Waals surface area contributed by atoms with Crippen LogP contribution in [0.1, 0.15) is 16.1 Å². The van der Waals surface area contributed by atoms with Crippen molar-refractivity contribution in [2.45, 2.75) is 6.18 Å². The minimum Gasteiger partial charge on any atom is -0.298 e. The number of amides is 1. The highest BCUT2D eigenvalue weighted by Crippen LogP contribution is 2.42. The fourth-order valence-electron chi connectivity index (χ4n) is 2.31. The molecule has 2 aromatic carbocycles. The van der Waals surface area contributed by atoms with Crippen LogP contribution in [0.2, 0.25) is 5.02 Å². The first-order valence-electron chi connectivity index (χ1n) is 7.55. The van der Waals surface area contributed by atoms with E-state index in [1.165, 1.54) is 18.2 Å². The largest absolute Gasteiger partial charge is 0.434 e. The predicted octanol–water partition coefficient (Wildman–Crippen LogP) is 5.64. The second kappa shape index (κ2) is 7.56. The zero-order valence-electron chi connectivity index (χ0n) is 13.7. The summed E-state index contributed by atoms with van der Waals surface area (Å²) in [6.07, 6.45) is -4.72. The highest BCUT2D eigenvalue weighted by molar-refractivity contribution is 7.19. The minimum atomic E-state index is -4.72. The molecule has 0 radical (unpaired) electrons. The topological polar surface area (TPSA) is 85.1 Å².